The van der Waals surface area contributed by atoms with Crippen molar-refractivity contribution in [1.29, 1.82) is 0 Å². The molecular weight excluding hydrogens is 254 g/mol. The van der Waals surface area contributed by atoms with Gasteiger partial charge in [0.15, 0.2) is 0 Å². The number of carbonyl (C=O) groups is 1. The number of rotatable bonds is 10. The van der Waals surface area contributed by atoms with Gasteiger partial charge < -0.3 is 15.2 Å². The number of para-hydroxylation sites is 2. The average molecular weight is 279 g/mol. The van der Waals surface area contributed by atoms with Crippen LogP contribution in [0.4, 0.5) is 5.69 Å². The molecule has 0 aliphatic rings. The molecule has 112 valence electrons. The number of unbranched alkanes of at least 4 members (excludes halogenated alkanes) is 4. The number of nitrogens with two attached hydrogens (primary N) is 1. The van der Waals surface area contributed by atoms with Crippen LogP contribution in [0.25, 0.3) is 0 Å². The first-order valence-corrected chi connectivity index (χ1v) is 7.37. The monoisotopic (exact) mass is 279 g/mol. The van der Waals surface area contributed by atoms with E-state index in [0.29, 0.717) is 24.7 Å². The third-order valence-electron chi connectivity index (χ3n) is 2.99. The van der Waals surface area contributed by atoms with E-state index in [2.05, 4.69) is 6.92 Å². The summed E-state index contributed by atoms with van der Waals surface area (Å²) in [5, 5.41) is 0. The van der Waals surface area contributed by atoms with Crippen molar-refractivity contribution in [2.45, 2.75) is 45.4 Å². The first-order valence-electron chi connectivity index (χ1n) is 7.37. The van der Waals surface area contributed by atoms with Crippen LogP contribution in [0.15, 0.2) is 24.3 Å². The maximum atomic E-state index is 11.5. The van der Waals surface area contributed by atoms with E-state index in [1.165, 1.54) is 19.3 Å². The number of hydrogen-bond donors (Lipinski definition) is 1. The van der Waals surface area contributed by atoms with Gasteiger partial charge in [-0.2, -0.15) is 0 Å². The van der Waals surface area contributed by atoms with Crippen LogP contribution < -0.4 is 10.5 Å². The molecule has 0 bridgehead atoms. The topological polar surface area (TPSA) is 61.5 Å². The van der Waals surface area contributed by atoms with Crippen molar-refractivity contribution in [3.05, 3.63) is 24.3 Å². The third-order valence-corrected chi connectivity index (χ3v) is 2.99. The Morgan fingerprint density at radius 2 is 1.85 bits per heavy atom. The SMILES string of the molecule is CCCCCCCOC(=O)CCOc1ccccc1N. The van der Waals surface area contributed by atoms with E-state index in [9.17, 15) is 4.79 Å². The van der Waals surface area contributed by atoms with Gasteiger partial charge in [0.2, 0.25) is 0 Å². The number of hydrogen-bond acceptors (Lipinski definition) is 4. The number of anilines is 1. The molecule has 1 rings (SSSR count). The third kappa shape index (κ3) is 7.02. The Balaban J connectivity index is 2.04. The molecule has 1 aromatic carbocycles. The van der Waals surface area contributed by atoms with Crippen LogP contribution in [0, 0.1) is 0 Å². The van der Waals surface area contributed by atoms with Crippen molar-refractivity contribution in [2.24, 2.45) is 0 Å². The van der Waals surface area contributed by atoms with Crippen molar-refractivity contribution in [3.63, 3.8) is 0 Å². The van der Waals surface area contributed by atoms with E-state index in [-0.39, 0.29) is 12.4 Å². The number of esters is 1. The van der Waals surface area contributed by atoms with Gasteiger partial charge in [-0.05, 0) is 18.6 Å². The predicted molar refractivity (Wildman–Crippen MR) is 80.7 cm³/mol. The maximum Gasteiger partial charge on any atom is 0.309 e. The van der Waals surface area contributed by atoms with Gasteiger partial charge in [0.05, 0.1) is 25.3 Å². The summed E-state index contributed by atoms with van der Waals surface area (Å²) >= 11 is 0. The number of ether oxygens (including phenoxy) is 2. The molecule has 4 nitrogen and oxygen atoms in total. The van der Waals surface area contributed by atoms with Crippen molar-refractivity contribution >= 4 is 11.7 Å². The van der Waals surface area contributed by atoms with Crippen LogP contribution in [0.2, 0.25) is 0 Å². The summed E-state index contributed by atoms with van der Waals surface area (Å²) in [4.78, 5) is 11.5. The van der Waals surface area contributed by atoms with Crippen molar-refractivity contribution in [2.75, 3.05) is 18.9 Å². The van der Waals surface area contributed by atoms with E-state index in [0.717, 1.165) is 12.8 Å². The highest BCUT2D eigenvalue weighted by Crippen LogP contribution is 2.19. The fourth-order valence-electron chi connectivity index (χ4n) is 1.82. The number of benzene rings is 1. The van der Waals surface area contributed by atoms with E-state index in [1.54, 1.807) is 12.1 Å². The van der Waals surface area contributed by atoms with Gasteiger partial charge >= 0.3 is 5.97 Å². The number of nitrogen functional groups attached to an aromatic ring is 1. The molecule has 0 atom stereocenters. The van der Waals surface area contributed by atoms with E-state index >= 15 is 0 Å². The van der Waals surface area contributed by atoms with Gasteiger partial charge in [-0.1, -0.05) is 44.7 Å². The lowest BCUT2D eigenvalue weighted by Gasteiger charge is -2.08. The first kappa shape index (κ1) is 16.3. The van der Waals surface area contributed by atoms with Crippen LogP contribution in [0.1, 0.15) is 45.4 Å². The fourth-order valence-corrected chi connectivity index (χ4v) is 1.82. The van der Waals surface area contributed by atoms with Crippen LogP contribution in [0.5, 0.6) is 5.75 Å². The van der Waals surface area contributed by atoms with Crippen LogP contribution >= 0.6 is 0 Å². The van der Waals surface area contributed by atoms with Crippen LogP contribution in [-0.2, 0) is 9.53 Å². The minimum Gasteiger partial charge on any atom is -0.491 e. The lowest BCUT2D eigenvalue weighted by Crippen LogP contribution is -2.11. The fraction of sp³-hybridized carbons (Fsp3) is 0.562. The largest absolute Gasteiger partial charge is 0.491 e. The highest BCUT2D eigenvalue weighted by atomic mass is 16.5. The lowest BCUT2D eigenvalue weighted by molar-refractivity contribution is -0.144. The second-order valence-corrected chi connectivity index (χ2v) is 4.77. The molecule has 0 unspecified atom stereocenters. The molecule has 20 heavy (non-hydrogen) atoms. The van der Waals surface area contributed by atoms with Gasteiger partial charge in [-0.25, -0.2) is 0 Å². The minimum absolute atomic E-state index is 0.213. The Hall–Kier alpha value is -1.71. The standard InChI is InChI=1S/C16H25NO3/c1-2-3-4-5-8-12-20-16(18)11-13-19-15-10-7-6-9-14(15)17/h6-7,9-10H,2-5,8,11-13,17H2,1H3. The maximum absolute atomic E-state index is 11.5. The second-order valence-electron chi connectivity index (χ2n) is 4.77. The molecular formula is C16H25NO3. The summed E-state index contributed by atoms with van der Waals surface area (Å²) in [7, 11) is 0. The molecule has 2 N–H and O–H groups in total. The first-order chi connectivity index (χ1) is 9.74. The summed E-state index contributed by atoms with van der Waals surface area (Å²) in [6, 6.07) is 7.24. The van der Waals surface area contributed by atoms with Crippen molar-refractivity contribution < 1.29 is 14.3 Å². The Morgan fingerprint density at radius 1 is 1.10 bits per heavy atom. The van der Waals surface area contributed by atoms with Gasteiger partial charge in [-0.15, -0.1) is 0 Å². The van der Waals surface area contributed by atoms with Crippen molar-refractivity contribution in [3.8, 4) is 5.75 Å². The van der Waals surface area contributed by atoms with Gasteiger partial charge in [0.25, 0.3) is 0 Å². The predicted octanol–water partition coefficient (Wildman–Crippen LogP) is 3.55. The molecule has 0 aliphatic heterocycles. The van der Waals surface area contributed by atoms with E-state index in [4.69, 9.17) is 15.2 Å². The highest BCUT2D eigenvalue weighted by molar-refractivity contribution is 5.69. The van der Waals surface area contributed by atoms with E-state index in [1.807, 2.05) is 12.1 Å². The number of carbonyl (C=O) groups excluding carboxylic acids is 1. The summed E-state index contributed by atoms with van der Waals surface area (Å²) < 4.78 is 10.6. The molecule has 0 saturated carbocycles. The molecule has 0 radical (unpaired) electrons. The van der Waals surface area contributed by atoms with E-state index < -0.39 is 0 Å². The smallest absolute Gasteiger partial charge is 0.309 e. The minimum atomic E-state index is -0.213. The Labute approximate surface area is 121 Å². The normalized spacial score (nSPS) is 10.2. The van der Waals surface area contributed by atoms with Crippen molar-refractivity contribution in [1.82, 2.24) is 0 Å². The molecule has 4 heteroatoms. The summed E-state index contributed by atoms with van der Waals surface area (Å²) in [5.41, 5.74) is 6.31. The molecule has 0 fully saturated rings. The quantitative estimate of drug-likeness (QED) is 0.404. The zero-order valence-electron chi connectivity index (χ0n) is 12.3. The Morgan fingerprint density at radius 3 is 2.60 bits per heavy atom. The zero-order valence-corrected chi connectivity index (χ0v) is 12.3. The van der Waals surface area contributed by atoms with Crippen LogP contribution in [0.3, 0.4) is 0 Å². The second kappa shape index (κ2) is 10.1. The summed E-state index contributed by atoms with van der Waals surface area (Å²) in [6.45, 7) is 2.98. The van der Waals surface area contributed by atoms with Gasteiger partial charge in [0.1, 0.15) is 5.75 Å². The highest BCUT2D eigenvalue weighted by Gasteiger charge is 2.04. The van der Waals surface area contributed by atoms with Gasteiger partial charge in [-0.3, -0.25) is 4.79 Å². The molecule has 0 aromatic heterocycles. The zero-order chi connectivity index (χ0) is 14.6. The van der Waals surface area contributed by atoms with Gasteiger partial charge in [0, 0.05) is 0 Å². The Bertz CT molecular complexity index is 393. The molecule has 0 heterocycles. The molecule has 1 aromatic rings. The Kier molecular flexibility index (Phi) is 8.27. The molecule has 0 aliphatic carbocycles. The average Bonchev–Trinajstić information content (AvgIpc) is 2.45. The summed E-state index contributed by atoms with van der Waals surface area (Å²) in [5.74, 6) is 0.398. The molecule has 0 saturated heterocycles. The summed E-state index contributed by atoms with van der Waals surface area (Å²) in [6.07, 6.45) is 6.00. The lowest BCUT2D eigenvalue weighted by atomic mass is 10.2. The molecule has 0 spiro atoms. The van der Waals surface area contributed by atoms with Crippen LogP contribution in [-0.4, -0.2) is 19.2 Å². The molecule has 0 amide bonds.